The third-order valence-electron chi connectivity index (χ3n) is 5.28. The summed E-state index contributed by atoms with van der Waals surface area (Å²) in [6.45, 7) is 6.50. The quantitative estimate of drug-likeness (QED) is 0.331. The van der Waals surface area contributed by atoms with Crippen molar-refractivity contribution in [2.24, 2.45) is 0 Å². The first-order valence-corrected chi connectivity index (χ1v) is 12.4. The van der Waals surface area contributed by atoms with E-state index >= 15 is 0 Å². The molecule has 2 nitrogen and oxygen atoms in total. The Kier molecular flexibility index (Phi) is 9.92. The number of halogens is 8. The number of carbonyl (C=O) groups is 1. The predicted octanol–water partition coefficient (Wildman–Crippen LogP) is 8.50. The van der Waals surface area contributed by atoms with Crippen molar-refractivity contribution >= 4 is 35.1 Å². The lowest BCUT2D eigenvalue weighted by atomic mass is 9.93. The molecule has 2 aromatic rings. The summed E-state index contributed by atoms with van der Waals surface area (Å²) in [4.78, 5) is 12.5. The number of thioether (sulfide) groups is 1. The van der Waals surface area contributed by atoms with Crippen LogP contribution in [0.5, 0.6) is 0 Å². The molecule has 198 valence electrons. The number of allylic oxidation sites excluding steroid dienone is 1. The first-order chi connectivity index (χ1) is 16.6. The number of carbonyl (C=O) groups excluding carboxylic acids is 1. The number of rotatable bonds is 8. The molecular weight excluding hydrogens is 531 g/mol. The maximum Gasteiger partial charge on any atom is 0.417 e. The molecule has 1 amide bonds. The molecule has 0 aliphatic heterocycles. The lowest BCUT2D eigenvalue weighted by Gasteiger charge is -2.20. The Bertz CT molecular complexity index is 1110. The van der Waals surface area contributed by atoms with Crippen LogP contribution >= 0.6 is 23.4 Å². The third-order valence-corrected chi connectivity index (χ3v) is 7.02. The zero-order chi connectivity index (χ0) is 27.4. The van der Waals surface area contributed by atoms with E-state index in [0.717, 1.165) is 30.0 Å². The Labute approximate surface area is 214 Å². The van der Waals surface area contributed by atoms with Gasteiger partial charge in [0.2, 0.25) is 0 Å². The van der Waals surface area contributed by atoms with Crippen LogP contribution in [0.1, 0.15) is 57.9 Å². The molecule has 2 aromatic carbocycles. The molecule has 0 aromatic heterocycles. The Morgan fingerprint density at radius 1 is 1.08 bits per heavy atom. The molecule has 2 rings (SSSR count). The molecule has 0 aliphatic carbocycles. The van der Waals surface area contributed by atoms with Gasteiger partial charge in [-0.15, -0.1) is 0 Å². The molecule has 2 atom stereocenters. The van der Waals surface area contributed by atoms with Gasteiger partial charge in [0.05, 0.1) is 11.1 Å². The van der Waals surface area contributed by atoms with Crippen LogP contribution in [-0.4, -0.2) is 29.6 Å². The van der Waals surface area contributed by atoms with Gasteiger partial charge < -0.3 is 5.32 Å². The molecule has 0 saturated heterocycles. The Balaban J connectivity index is 2.51. The average molecular weight is 556 g/mol. The molecule has 0 heterocycles. The summed E-state index contributed by atoms with van der Waals surface area (Å²) < 4.78 is 97.6. The maximum atomic E-state index is 15.0. The second-order valence-corrected chi connectivity index (χ2v) is 9.99. The van der Waals surface area contributed by atoms with E-state index in [1.165, 1.54) is 25.6 Å². The number of aryl methyl sites for hydroxylation is 2. The highest BCUT2D eigenvalue weighted by Crippen LogP contribution is 2.41. The lowest BCUT2D eigenvalue weighted by molar-refractivity contribution is -0.140. The van der Waals surface area contributed by atoms with Gasteiger partial charge in [0.1, 0.15) is 11.7 Å². The normalized spacial score (nSPS) is 14.5. The van der Waals surface area contributed by atoms with Gasteiger partial charge in [-0.1, -0.05) is 36.7 Å². The van der Waals surface area contributed by atoms with Crippen LogP contribution in [-0.2, 0) is 6.18 Å². The van der Waals surface area contributed by atoms with Crippen LogP contribution in [0.2, 0.25) is 5.02 Å². The fourth-order valence-electron chi connectivity index (χ4n) is 3.54. The zero-order valence-corrected chi connectivity index (χ0v) is 21.4. The Morgan fingerprint density at radius 2 is 1.67 bits per heavy atom. The SMILES string of the molecule is CCSCC(C)NC(=O)c1ccc(/C(F)=C/C(c2cc(C)c(Cl)c(C)c2)C(F)(F)F)cc1C(F)(F)F. The van der Waals surface area contributed by atoms with E-state index in [9.17, 15) is 35.5 Å². The standard InChI is InChI=1S/C25H25ClF7NOS/c1-5-36-12-15(4)34-23(35)18-7-6-16(10-20(18)25(31,32)33)21(27)11-19(24(28,29)30)17-8-13(2)22(26)14(3)9-17/h6-11,15,19H,5,12H2,1-4H3,(H,34,35)/b21-11-. The largest absolute Gasteiger partial charge is 0.417 e. The van der Waals surface area contributed by atoms with E-state index < -0.39 is 52.7 Å². The van der Waals surface area contributed by atoms with Gasteiger partial charge in [-0.3, -0.25) is 4.79 Å². The smallest absolute Gasteiger partial charge is 0.349 e. The van der Waals surface area contributed by atoms with Gasteiger partial charge >= 0.3 is 12.4 Å². The van der Waals surface area contributed by atoms with Gasteiger partial charge in [0.25, 0.3) is 5.91 Å². The zero-order valence-electron chi connectivity index (χ0n) is 19.9. The van der Waals surface area contributed by atoms with E-state index in [4.69, 9.17) is 11.6 Å². The van der Waals surface area contributed by atoms with Crippen molar-refractivity contribution in [3.8, 4) is 0 Å². The molecule has 36 heavy (non-hydrogen) atoms. The van der Waals surface area contributed by atoms with E-state index in [0.29, 0.717) is 22.9 Å². The van der Waals surface area contributed by atoms with Crippen molar-refractivity contribution in [2.45, 2.75) is 52.0 Å². The second-order valence-electron chi connectivity index (χ2n) is 8.29. The molecule has 0 bridgehead atoms. The maximum absolute atomic E-state index is 15.0. The minimum atomic E-state index is -5.04. The fourth-order valence-corrected chi connectivity index (χ4v) is 4.33. The molecule has 1 N–H and O–H groups in total. The van der Waals surface area contributed by atoms with Gasteiger partial charge in [0.15, 0.2) is 0 Å². The van der Waals surface area contributed by atoms with Crippen molar-refractivity contribution < 1.29 is 35.5 Å². The summed E-state index contributed by atoms with van der Waals surface area (Å²) in [5, 5.41) is 2.71. The number of nitrogens with one attached hydrogen (secondary N) is 1. The van der Waals surface area contributed by atoms with Crippen LogP contribution in [0.3, 0.4) is 0 Å². The van der Waals surface area contributed by atoms with E-state index in [1.54, 1.807) is 6.92 Å². The molecule has 0 radical (unpaired) electrons. The monoisotopic (exact) mass is 555 g/mol. The summed E-state index contributed by atoms with van der Waals surface area (Å²) in [5.74, 6) is -3.72. The minimum Gasteiger partial charge on any atom is -0.349 e. The lowest BCUT2D eigenvalue weighted by Crippen LogP contribution is -2.35. The van der Waals surface area contributed by atoms with Gasteiger partial charge in [-0.2, -0.15) is 38.1 Å². The number of benzene rings is 2. The van der Waals surface area contributed by atoms with Crippen molar-refractivity contribution in [2.75, 3.05) is 11.5 Å². The molecular formula is C25H25ClF7NOS. The van der Waals surface area contributed by atoms with Crippen molar-refractivity contribution in [1.82, 2.24) is 5.32 Å². The van der Waals surface area contributed by atoms with Crippen LogP contribution in [0.4, 0.5) is 30.7 Å². The van der Waals surface area contributed by atoms with Crippen molar-refractivity contribution in [3.05, 3.63) is 74.8 Å². The first-order valence-electron chi connectivity index (χ1n) is 10.9. The number of hydrogen-bond donors (Lipinski definition) is 1. The molecule has 0 aliphatic rings. The average Bonchev–Trinajstić information content (AvgIpc) is 2.77. The predicted molar refractivity (Wildman–Crippen MR) is 130 cm³/mol. The minimum absolute atomic E-state index is 0.224. The number of hydrogen-bond acceptors (Lipinski definition) is 2. The summed E-state index contributed by atoms with van der Waals surface area (Å²) in [6.07, 6.45) is -9.75. The second kappa shape index (κ2) is 11.9. The summed E-state index contributed by atoms with van der Waals surface area (Å²) >= 11 is 7.50. The van der Waals surface area contributed by atoms with Crippen molar-refractivity contribution in [1.29, 1.82) is 0 Å². The van der Waals surface area contributed by atoms with E-state index in [1.807, 2.05) is 6.92 Å². The van der Waals surface area contributed by atoms with Gasteiger partial charge in [-0.25, -0.2) is 4.39 Å². The van der Waals surface area contributed by atoms with Crippen LogP contribution in [0.15, 0.2) is 36.4 Å². The van der Waals surface area contributed by atoms with Crippen LogP contribution in [0, 0.1) is 13.8 Å². The fraction of sp³-hybridized carbons (Fsp3) is 0.400. The number of alkyl halides is 6. The Hall–Kier alpha value is -2.20. The van der Waals surface area contributed by atoms with Gasteiger partial charge in [-0.05, 0) is 61.4 Å². The molecule has 11 heteroatoms. The summed E-state index contributed by atoms with van der Waals surface area (Å²) in [5.41, 5.74) is -2.54. The third kappa shape index (κ3) is 7.65. The van der Waals surface area contributed by atoms with E-state index in [-0.39, 0.29) is 16.7 Å². The highest BCUT2D eigenvalue weighted by atomic mass is 35.5. The highest BCUT2D eigenvalue weighted by Gasteiger charge is 2.41. The van der Waals surface area contributed by atoms with Crippen LogP contribution in [0.25, 0.3) is 5.83 Å². The molecule has 0 saturated carbocycles. The summed E-state index contributed by atoms with van der Waals surface area (Å²) in [6, 6.07) is 3.84. The Morgan fingerprint density at radius 3 is 2.17 bits per heavy atom. The molecule has 0 spiro atoms. The molecule has 2 unspecified atom stereocenters. The topological polar surface area (TPSA) is 29.1 Å². The molecule has 0 fully saturated rings. The summed E-state index contributed by atoms with van der Waals surface area (Å²) in [7, 11) is 0. The number of amides is 1. The highest BCUT2D eigenvalue weighted by molar-refractivity contribution is 7.99. The van der Waals surface area contributed by atoms with Crippen LogP contribution < -0.4 is 5.32 Å². The van der Waals surface area contributed by atoms with E-state index in [2.05, 4.69) is 5.32 Å². The first kappa shape index (κ1) is 30.0. The van der Waals surface area contributed by atoms with Gasteiger partial charge in [0, 0.05) is 22.4 Å². The van der Waals surface area contributed by atoms with Crippen molar-refractivity contribution in [3.63, 3.8) is 0 Å².